The zero-order chi connectivity index (χ0) is 9.84. The maximum Gasteiger partial charge on any atom is 0.511 e. The molecule has 0 atom stereocenters. The molecule has 0 radical (unpaired) electrons. The van der Waals surface area contributed by atoms with Crippen molar-refractivity contribution in [2.75, 3.05) is 0 Å². The SMILES string of the molecule is CC(C)c1ccc(OC(=O)O)cc1. The summed E-state index contributed by atoms with van der Waals surface area (Å²) in [7, 11) is 0. The number of benzene rings is 1. The summed E-state index contributed by atoms with van der Waals surface area (Å²) in [6.07, 6.45) is -1.28. The predicted octanol–water partition coefficient (Wildman–Crippen LogP) is 2.87. The van der Waals surface area contributed by atoms with Gasteiger partial charge >= 0.3 is 6.16 Å². The van der Waals surface area contributed by atoms with Crippen LogP contribution in [0.5, 0.6) is 5.75 Å². The Morgan fingerprint density at radius 3 is 2.23 bits per heavy atom. The lowest BCUT2D eigenvalue weighted by Gasteiger charge is -2.05. The van der Waals surface area contributed by atoms with E-state index in [1.165, 1.54) is 0 Å². The van der Waals surface area contributed by atoms with Gasteiger partial charge in [-0.25, -0.2) is 4.79 Å². The Morgan fingerprint density at radius 2 is 1.85 bits per heavy atom. The lowest BCUT2D eigenvalue weighted by molar-refractivity contribution is 0.144. The molecule has 1 aromatic rings. The van der Waals surface area contributed by atoms with Crippen molar-refractivity contribution in [3.8, 4) is 5.75 Å². The summed E-state index contributed by atoms with van der Waals surface area (Å²) in [5.41, 5.74) is 1.16. The smallest absolute Gasteiger partial charge is 0.449 e. The van der Waals surface area contributed by atoms with Gasteiger partial charge in [0.05, 0.1) is 0 Å². The van der Waals surface area contributed by atoms with Gasteiger partial charge in [0.25, 0.3) is 0 Å². The van der Waals surface area contributed by atoms with Gasteiger partial charge in [0.15, 0.2) is 0 Å². The molecule has 3 nitrogen and oxygen atoms in total. The molecule has 0 saturated carbocycles. The molecular weight excluding hydrogens is 168 g/mol. The fourth-order valence-electron chi connectivity index (χ4n) is 1.02. The number of carbonyl (C=O) groups is 1. The number of ether oxygens (including phenoxy) is 1. The molecule has 13 heavy (non-hydrogen) atoms. The molecule has 1 rings (SSSR count). The van der Waals surface area contributed by atoms with E-state index in [1.807, 2.05) is 12.1 Å². The third-order valence-electron chi connectivity index (χ3n) is 1.75. The lowest BCUT2D eigenvalue weighted by atomic mass is 10.0. The van der Waals surface area contributed by atoms with Gasteiger partial charge in [0, 0.05) is 0 Å². The van der Waals surface area contributed by atoms with E-state index in [0.717, 1.165) is 5.56 Å². The van der Waals surface area contributed by atoms with E-state index in [4.69, 9.17) is 5.11 Å². The topological polar surface area (TPSA) is 46.5 Å². The van der Waals surface area contributed by atoms with Crippen LogP contribution in [-0.2, 0) is 0 Å². The quantitative estimate of drug-likeness (QED) is 0.562. The van der Waals surface area contributed by atoms with Crippen molar-refractivity contribution in [2.45, 2.75) is 19.8 Å². The van der Waals surface area contributed by atoms with Crippen LogP contribution in [-0.4, -0.2) is 11.3 Å². The first-order valence-corrected chi connectivity index (χ1v) is 4.10. The molecule has 0 unspecified atom stereocenters. The van der Waals surface area contributed by atoms with Gasteiger partial charge in [-0.1, -0.05) is 26.0 Å². The summed E-state index contributed by atoms with van der Waals surface area (Å²) in [4.78, 5) is 10.2. The van der Waals surface area contributed by atoms with Crippen LogP contribution in [0.15, 0.2) is 24.3 Å². The molecule has 3 heteroatoms. The summed E-state index contributed by atoms with van der Waals surface area (Å²) in [5, 5.41) is 8.32. The summed E-state index contributed by atoms with van der Waals surface area (Å²) in [5.74, 6) is 0.802. The molecule has 1 aromatic carbocycles. The van der Waals surface area contributed by atoms with Crippen LogP contribution >= 0.6 is 0 Å². The molecular formula is C10H12O3. The van der Waals surface area contributed by atoms with Crippen LogP contribution in [0, 0.1) is 0 Å². The van der Waals surface area contributed by atoms with Crippen LogP contribution < -0.4 is 4.74 Å². The van der Waals surface area contributed by atoms with Crippen molar-refractivity contribution in [1.29, 1.82) is 0 Å². The molecule has 0 amide bonds. The second-order valence-corrected chi connectivity index (χ2v) is 3.09. The van der Waals surface area contributed by atoms with Crippen molar-refractivity contribution < 1.29 is 14.6 Å². The first-order valence-electron chi connectivity index (χ1n) is 4.10. The average molecular weight is 180 g/mol. The number of rotatable bonds is 2. The van der Waals surface area contributed by atoms with Crippen molar-refractivity contribution in [3.05, 3.63) is 29.8 Å². The first-order chi connectivity index (χ1) is 6.09. The molecule has 0 fully saturated rings. The van der Waals surface area contributed by atoms with Crippen LogP contribution in [0.1, 0.15) is 25.3 Å². The highest BCUT2D eigenvalue weighted by Crippen LogP contribution is 2.18. The van der Waals surface area contributed by atoms with Crippen LogP contribution in [0.2, 0.25) is 0 Å². The van der Waals surface area contributed by atoms with E-state index >= 15 is 0 Å². The third kappa shape index (κ3) is 2.78. The van der Waals surface area contributed by atoms with Gasteiger partial charge in [-0.15, -0.1) is 0 Å². The van der Waals surface area contributed by atoms with Gasteiger partial charge in [-0.3, -0.25) is 0 Å². The third-order valence-corrected chi connectivity index (χ3v) is 1.75. The Balaban J connectivity index is 2.75. The minimum Gasteiger partial charge on any atom is -0.449 e. The lowest BCUT2D eigenvalue weighted by Crippen LogP contribution is -2.02. The molecule has 0 bridgehead atoms. The highest BCUT2D eigenvalue weighted by atomic mass is 16.7. The monoisotopic (exact) mass is 180 g/mol. The van der Waals surface area contributed by atoms with E-state index < -0.39 is 6.16 Å². The van der Waals surface area contributed by atoms with Gasteiger partial charge in [-0.2, -0.15) is 0 Å². The van der Waals surface area contributed by atoms with Crippen molar-refractivity contribution in [1.82, 2.24) is 0 Å². The first kappa shape index (κ1) is 9.58. The maximum atomic E-state index is 10.2. The van der Waals surface area contributed by atoms with Gasteiger partial charge in [0.1, 0.15) is 5.75 Å². The highest BCUT2D eigenvalue weighted by Gasteiger charge is 2.02. The summed E-state index contributed by atoms with van der Waals surface area (Å²) >= 11 is 0. The molecule has 0 aliphatic heterocycles. The van der Waals surface area contributed by atoms with Crippen molar-refractivity contribution in [3.63, 3.8) is 0 Å². The molecule has 0 aliphatic carbocycles. The standard InChI is InChI=1S/C10H12O3/c1-7(2)8-3-5-9(6-4-8)13-10(11)12/h3-7H,1-2H3,(H,11,12). The minimum atomic E-state index is -1.28. The Morgan fingerprint density at radius 1 is 1.31 bits per heavy atom. The van der Waals surface area contributed by atoms with Crippen LogP contribution in [0.4, 0.5) is 4.79 Å². The zero-order valence-electron chi connectivity index (χ0n) is 7.65. The molecule has 0 aromatic heterocycles. The fourth-order valence-corrected chi connectivity index (χ4v) is 1.02. The van der Waals surface area contributed by atoms with E-state index in [2.05, 4.69) is 18.6 Å². The van der Waals surface area contributed by atoms with Crippen LogP contribution in [0.25, 0.3) is 0 Å². The Kier molecular flexibility index (Phi) is 2.90. The summed E-state index contributed by atoms with van der Waals surface area (Å²) in [6, 6.07) is 7.04. The van der Waals surface area contributed by atoms with E-state index in [-0.39, 0.29) is 0 Å². The molecule has 70 valence electrons. The largest absolute Gasteiger partial charge is 0.511 e. The Labute approximate surface area is 77.0 Å². The summed E-state index contributed by atoms with van der Waals surface area (Å²) < 4.78 is 4.47. The van der Waals surface area contributed by atoms with E-state index in [9.17, 15) is 4.79 Å². The van der Waals surface area contributed by atoms with E-state index in [0.29, 0.717) is 11.7 Å². The fraction of sp³-hybridized carbons (Fsp3) is 0.300. The second-order valence-electron chi connectivity index (χ2n) is 3.09. The molecule has 0 spiro atoms. The average Bonchev–Trinajstić information content (AvgIpc) is 2.04. The van der Waals surface area contributed by atoms with Gasteiger partial charge in [0.2, 0.25) is 0 Å². The van der Waals surface area contributed by atoms with Crippen molar-refractivity contribution in [2.24, 2.45) is 0 Å². The predicted molar refractivity (Wildman–Crippen MR) is 49.2 cm³/mol. The van der Waals surface area contributed by atoms with Crippen molar-refractivity contribution >= 4 is 6.16 Å². The highest BCUT2D eigenvalue weighted by molar-refractivity contribution is 5.61. The maximum absolute atomic E-state index is 10.2. The Hall–Kier alpha value is -1.51. The second kappa shape index (κ2) is 3.94. The number of hydrogen-bond donors (Lipinski definition) is 1. The van der Waals surface area contributed by atoms with Crippen LogP contribution in [0.3, 0.4) is 0 Å². The number of carboxylic acid groups (broad SMARTS) is 1. The summed E-state index contributed by atoms with van der Waals surface area (Å²) in [6.45, 7) is 4.15. The zero-order valence-corrected chi connectivity index (χ0v) is 7.65. The van der Waals surface area contributed by atoms with Gasteiger partial charge < -0.3 is 9.84 Å². The molecule has 0 aliphatic rings. The minimum absolute atomic E-state index is 0.358. The van der Waals surface area contributed by atoms with E-state index in [1.54, 1.807) is 12.1 Å². The molecule has 0 saturated heterocycles. The molecule has 1 N–H and O–H groups in total. The number of hydrogen-bond acceptors (Lipinski definition) is 2. The normalized spacial score (nSPS) is 10.1. The Bertz CT molecular complexity index is 288. The van der Waals surface area contributed by atoms with Gasteiger partial charge in [-0.05, 0) is 23.6 Å². The molecule has 0 heterocycles.